The molecule has 3 heteroatoms. The Morgan fingerprint density at radius 1 is 1.25 bits per heavy atom. The van der Waals surface area contributed by atoms with Crippen molar-refractivity contribution in [2.75, 3.05) is 6.54 Å². The summed E-state index contributed by atoms with van der Waals surface area (Å²) in [4.78, 5) is 11.8. The first kappa shape index (κ1) is 15.0. The molecule has 20 heavy (non-hydrogen) atoms. The molecule has 0 heterocycles. The molecule has 0 spiro atoms. The fourth-order valence-electron chi connectivity index (χ4n) is 2.47. The van der Waals surface area contributed by atoms with Crippen molar-refractivity contribution in [2.24, 2.45) is 5.92 Å². The van der Waals surface area contributed by atoms with E-state index in [4.69, 9.17) is 0 Å². The van der Waals surface area contributed by atoms with E-state index in [9.17, 15) is 4.79 Å². The summed E-state index contributed by atoms with van der Waals surface area (Å²) in [5.41, 5.74) is 1.19. The van der Waals surface area contributed by atoms with Crippen LogP contribution < -0.4 is 10.6 Å². The van der Waals surface area contributed by atoms with Gasteiger partial charge in [-0.05, 0) is 45.1 Å². The van der Waals surface area contributed by atoms with E-state index in [2.05, 4.69) is 34.9 Å². The van der Waals surface area contributed by atoms with Gasteiger partial charge in [0.05, 0.1) is 0 Å². The van der Waals surface area contributed by atoms with E-state index in [-0.39, 0.29) is 11.4 Å². The summed E-state index contributed by atoms with van der Waals surface area (Å²) < 4.78 is 0. The van der Waals surface area contributed by atoms with Gasteiger partial charge in [0.2, 0.25) is 5.91 Å². The second-order valence-electron chi connectivity index (χ2n) is 6.73. The van der Waals surface area contributed by atoms with Gasteiger partial charge in [-0.2, -0.15) is 0 Å². The Morgan fingerprint density at radius 3 is 2.45 bits per heavy atom. The second-order valence-corrected chi connectivity index (χ2v) is 6.73. The molecule has 0 aliphatic heterocycles. The monoisotopic (exact) mass is 274 g/mol. The van der Waals surface area contributed by atoms with E-state index in [0.29, 0.717) is 12.5 Å². The summed E-state index contributed by atoms with van der Waals surface area (Å²) in [7, 11) is 0. The molecule has 0 aromatic heterocycles. The molecule has 1 saturated carbocycles. The van der Waals surface area contributed by atoms with E-state index in [1.54, 1.807) is 0 Å². The Balaban J connectivity index is 1.81. The van der Waals surface area contributed by atoms with Crippen molar-refractivity contribution in [1.82, 2.24) is 10.6 Å². The first-order valence-electron chi connectivity index (χ1n) is 7.55. The topological polar surface area (TPSA) is 41.1 Å². The Labute approximate surface area is 122 Å². The van der Waals surface area contributed by atoms with E-state index < -0.39 is 0 Å². The van der Waals surface area contributed by atoms with Crippen LogP contribution >= 0.6 is 0 Å². The first-order valence-corrected chi connectivity index (χ1v) is 7.55. The number of benzene rings is 1. The van der Waals surface area contributed by atoms with Gasteiger partial charge in [-0.1, -0.05) is 30.3 Å². The molecule has 1 aliphatic rings. The molecule has 1 aromatic carbocycles. The van der Waals surface area contributed by atoms with Crippen molar-refractivity contribution in [2.45, 2.75) is 51.6 Å². The second kappa shape index (κ2) is 6.40. The fourth-order valence-corrected chi connectivity index (χ4v) is 2.47. The molecule has 1 unspecified atom stereocenters. The SMILES string of the molecule is CC(C)(C)NC(=O)CCNC(c1ccccc1)C1CC1. The van der Waals surface area contributed by atoms with Gasteiger partial charge in [-0.25, -0.2) is 0 Å². The highest BCUT2D eigenvalue weighted by Gasteiger charge is 2.31. The minimum Gasteiger partial charge on any atom is -0.351 e. The summed E-state index contributed by atoms with van der Waals surface area (Å²) in [6, 6.07) is 11.0. The molecule has 110 valence electrons. The predicted molar refractivity (Wildman–Crippen MR) is 82.4 cm³/mol. The van der Waals surface area contributed by atoms with Crippen molar-refractivity contribution in [3.8, 4) is 0 Å². The van der Waals surface area contributed by atoms with Gasteiger partial charge in [0.1, 0.15) is 0 Å². The molecule has 2 rings (SSSR count). The molecule has 0 bridgehead atoms. The highest BCUT2D eigenvalue weighted by atomic mass is 16.1. The number of amides is 1. The molecular formula is C17H26N2O. The normalized spacial score (nSPS) is 16.8. The molecule has 1 aromatic rings. The van der Waals surface area contributed by atoms with Gasteiger partial charge in [0, 0.05) is 24.5 Å². The maximum Gasteiger partial charge on any atom is 0.221 e. The lowest BCUT2D eigenvalue weighted by Crippen LogP contribution is -2.41. The lowest BCUT2D eigenvalue weighted by Gasteiger charge is -2.22. The van der Waals surface area contributed by atoms with E-state index in [0.717, 1.165) is 12.5 Å². The van der Waals surface area contributed by atoms with E-state index in [1.165, 1.54) is 18.4 Å². The van der Waals surface area contributed by atoms with Crippen molar-refractivity contribution in [3.63, 3.8) is 0 Å². The molecule has 0 saturated heterocycles. The van der Waals surface area contributed by atoms with Crippen LogP contribution in [0.15, 0.2) is 30.3 Å². The maximum atomic E-state index is 11.8. The van der Waals surface area contributed by atoms with Crippen molar-refractivity contribution in [3.05, 3.63) is 35.9 Å². The smallest absolute Gasteiger partial charge is 0.221 e. The fraction of sp³-hybridized carbons (Fsp3) is 0.588. The summed E-state index contributed by atoms with van der Waals surface area (Å²) in [5, 5.41) is 6.55. The maximum absolute atomic E-state index is 11.8. The summed E-state index contributed by atoms with van der Waals surface area (Å²) in [6.45, 7) is 6.76. The van der Waals surface area contributed by atoms with Crippen LogP contribution in [-0.2, 0) is 4.79 Å². The van der Waals surface area contributed by atoms with Crippen LogP contribution in [0.25, 0.3) is 0 Å². The summed E-state index contributed by atoms with van der Waals surface area (Å²) >= 11 is 0. The number of hydrogen-bond acceptors (Lipinski definition) is 2. The zero-order valence-corrected chi connectivity index (χ0v) is 12.8. The molecule has 0 radical (unpaired) electrons. The van der Waals surface area contributed by atoms with Crippen molar-refractivity contribution >= 4 is 5.91 Å². The third-order valence-electron chi connectivity index (χ3n) is 3.48. The molecule has 1 atom stereocenters. The van der Waals surface area contributed by atoms with Crippen LogP contribution in [0.2, 0.25) is 0 Å². The summed E-state index contributed by atoms with van der Waals surface area (Å²) in [5.74, 6) is 0.857. The average molecular weight is 274 g/mol. The number of hydrogen-bond donors (Lipinski definition) is 2. The Morgan fingerprint density at radius 2 is 1.90 bits per heavy atom. The van der Waals surface area contributed by atoms with Crippen LogP contribution in [0.4, 0.5) is 0 Å². The van der Waals surface area contributed by atoms with Gasteiger partial charge in [0.15, 0.2) is 0 Å². The Bertz CT molecular complexity index is 432. The van der Waals surface area contributed by atoms with Gasteiger partial charge in [-0.15, -0.1) is 0 Å². The van der Waals surface area contributed by atoms with Crippen molar-refractivity contribution in [1.29, 1.82) is 0 Å². The Hall–Kier alpha value is -1.35. The molecule has 2 N–H and O–H groups in total. The first-order chi connectivity index (χ1) is 9.46. The van der Waals surface area contributed by atoms with Crippen LogP contribution in [-0.4, -0.2) is 18.0 Å². The lowest BCUT2D eigenvalue weighted by molar-refractivity contribution is -0.122. The van der Waals surface area contributed by atoms with Gasteiger partial charge < -0.3 is 10.6 Å². The van der Waals surface area contributed by atoms with Crippen LogP contribution in [0.5, 0.6) is 0 Å². The third-order valence-corrected chi connectivity index (χ3v) is 3.48. The quantitative estimate of drug-likeness (QED) is 0.837. The molecule has 1 fully saturated rings. The number of carbonyl (C=O) groups is 1. The highest BCUT2D eigenvalue weighted by Crippen LogP contribution is 2.40. The van der Waals surface area contributed by atoms with E-state index >= 15 is 0 Å². The number of carbonyl (C=O) groups excluding carboxylic acids is 1. The minimum absolute atomic E-state index is 0.118. The van der Waals surface area contributed by atoms with Gasteiger partial charge >= 0.3 is 0 Å². The average Bonchev–Trinajstić information content (AvgIpc) is 3.18. The van der Waals surface area contributed by atoms with Gasteiger partial charge in [0.25, 0.3) is 0 Å². The van der Waals surface area contributed by atoms with Crippen LogP contribution in [0.1, 0.15) is 51.6 Å². The summed E-state index contributed by atoms with van der Waals surface area (Å²) in [6.07, 6.45) is 3.12. The number of rotatable bonds is 6. The largest absolute Gasteiger partial charge is 0.351 e. The minimum atomic E-state index is -0.146. The zero-order chi connectivity index (χ0) is 14.6. The lowest BCUT2D eigenvalue weighted by atomic mass is 10.0. The molecular weight excluding hydrogens is 248 g/mol. The van der Waals surface area contributed by atoms with Crippen molar-refractivity contribution < 1.29 is 4.79 Å². The third kappa shape index (κ3) is 4.97. The molecule has 3 nitrogen and oxygen atoms in total. The molecule has 1 amide bonds. The van der Waals surface area contributed by atoms with E-state index in [1.807, 2.05) is 26.8 Å². The molecule has 1 aliphatic carbocycles. The highest BCUT2D eigenvalue weighted by molar-refractivity contribution is 5.76. The number of nitrogens with one attached hydrogen (secondary N) is 2. The van der Waals surface area contributed by atoms with Gasteiger partial charge in [-0.3, -0.25) is 4.79 Å². The standard InChI is InChI=1S/C17H26N2O/c1-17(2,3)19-15(20)11-12-18-16(14-9-10-14)13-7-5-4-6-8-13/h4-8,14,16,18H,9-12H2,1-3H3,(H,19,20). The zero-order valence-electron chi connectivity index (χ0n) is 12.8. The van der Waals surface area contributed by atoms with Crippen LogP contribution in [0, 0.1) is 5.92 Å². The predicted octanol–water partition coefficient (Wildman–Crippen LogP) is 3.03. The van der Waals surface area contributed by atoms with Crippen LogP contribution in [0.3, 0.4) is 0 Å². The Kier molecular flexibility index (Phi) is 4.81.